The van der Waals surface area contributed by atoms with Crippen LogP contribution >= 0.6 is 0 Å². The lowest BCUT2D eigenvalue weighted by Crippen LogP contribution is -2.28. The number of halogens is 1. The molecule has 0 radical (unpaired) electrons. The Balaban J connectivity index is 1.37. The van der Waals surface area contributed by atoms with Gasteiger partial charge in [0.2, 0.25) is 0 Å². The highest BCUT2D eigenvalue weighted by molar-refractivity contribution is 6.05. The van der Waals surface area contributed by atoms with Crippen LogP contribution in [-0.2, 0) is 9.53 Å². The summed E-state index contributed by atoms with van der Waals surface area (Å²) in [4.78, 5) is 38.2. The van der Waals surface area contributed by atoms with Gasteiger partial charge in [0.15, 0.2) is 6.61 Å². The molecule has 0 saturated carbocycles. The molecule has 4 aromatic carbocycles. The summed E-state index contributed by atoms with van der Waals surface area (Å²) in [6.07, 6.45) is 0. The average molecular weight is 512 g/mol. The molecular weight excluding hydrogens is 485 g/mol. The molecule has 2 amide bonds. The Kier molecular flexibility index (Phi) is 8.46. The van der Waals surface area contributed by atoms with E-state index in [9.17, 15) is 18.8 Å². The predicted molar refractivity (Wildman–Crippen MR) is 144 cm³/mol. The molecule has 0 spiro atoms. The monoisotopic (exact) mass is 511 g/mol. The minimum atomic E-state index is -0.715. The summed E-state index contributed by atoms with van der Waals surface area (Å²) in [5.41, 5.74) is 2.76. The molecule has 0 bridgehead atoms. The van der Waals surface area contributed by atoms with Crippen molar-refractivity contribution in [3.63, 3.8) is 0 Å². The summed E-state index contributed by atoms with van der Waals surface area (Å²) in [5.74, 6) is -2.04. The Hall–Kier alpha value is -4.98. The number of amides is 2. The fourth-order valence-corrected chi connectivity index (χ4v) is 3.74. The Morgan fingerprint density at radius 2 is 1.37 bits per heavy atom. The zero-order valence-electron chi connectivity index (χ0n) is 20.6. The molecule has 0 aliphatic heterocycles. The molecule has 3 N–H and O–H groups in total. The Morgan fingerprint density at radius 3 is 2.08 bits per heavy atom. The summed E-state index contributed by atoms with van der Waals surface area (Å²) in [6, 6.07) is 28.2. The first kappa shape index (κ1) is 26.1. The van der Waals surface area contributed by atoms with Crippen molar-refractivity contribution in [2.75, 3.05) is 17.2 Å². The molecule has 0 saturated heterocycles. The SMILES string of the molecule is C[C@H](NC(=O)c1ccccc1NC(=O)COC(=O)c1ccccc1Nc1ccc(F)cc1)c1ccccc1. The van der Waals surface area contributed by atoms with Crippen molar-refractivity contribution in [2.24, 2.45) is 0 Å². The van der Waals surface area contributed by atoms with Crippen molar-refractivity contribution in [2.45, 2.75) is 13.0 Å². The molecule has 38 heavy (non-hydrogen) atoms. The van der Waals surface area contributed by atoms with Gasteiger partial charge in [-0.15, -0.1) is 0 Å². The second kappa shape index (κ2) is 12.3. The Labute approximate surface area is 219 Å². The topological polar surface area (TPSA) is 96.5 Å². The van der Waals surface area contributed by atoms with Crippen LogP contribution in [0.4, 0.5) is 21.5 Å². The van der Waals surface area contributed by atoms with Gasteiger partial charge in [0.25, 0.3) is 11.8 Å². The van der Waals surface area contributed by atoms with Crippen LogP contribution in [0.5, 0.6) is 0 Å². The minimum Gasteiger partial charge on any atom is -0.452 e. The highest BCUT2D eigenvalue weighted by atomic mass is 19.1. The fourth-order valence-electron chi connectivity index (χ4n) is 3.74. The molecule has 192 valence electrons. The lowest BCUT2D eigenvalue weighted by Gasteiger charge is -2.16. The summed E-state index contributed by atoms with van der Waals surface area (Å²) < 4.78 is 18.4. The van der Waals surface area contributed by atoms with Crippen LogP contribution in [-0.4, -0.2) is 24.4 Å². The summed E-state index contributed by atoms with van der Waals surface area (Å²) in [6.45, 7) is 1.32. The number of hydrogen-bond acceptors (Lipinski definition) is 5. The highest BCUT2D eigenvalue weighted by Crippen LogP contribution is 2.22. The maximum Gasteiger partial charge on any atom is 0.340 e. The summed E-state index contributed by atoms with van der Waals surface area (Å²) in [5, 5.41) is 8.61. The van der Waals surface area contributed by atoms with E-state index < -0.39 is 18.5 Å². The number of carbonyl (C=O) groups is 3. The van der Waals surface area contributed by atoms with Gasteiger partial charge in [-0.3, -0.25) is 9.59 Å². The first-order chi connectivity index (χ1) is 18.4. The average Bonchev–Trinajstić information content (AvgIpc) is 2.94. The van der Waals surface area contributed by atoms with Crippen molar-refractivity contribution < 1.29 is 23.5 Å². The van der Waals surface area contributed by atoms with Gasteiger partial charge in [-0.05, 0) is 61.0 Å². The largest absolute Gasteiger partial charge is 0.452 e. The standard InChI is InChI=1S/C30H26FN3O4/c1-20(21-9-3-2-4-10-21)32-29(36)24-11-5-7-13-26(24)34-28(35)19-38-30(37)25-12-6-8-14-27(25)33-23-17-15-22(31)16-18-23/h2-18,20,33H,19H2,1H3,(H,32,36)(H,34,35)/t20-/m0/s1. The van der Waals surface area contributed by atoms with Crippen molar-refractivity contribution in [1.82, 2.24) is 5.32 Å². The molecule has 0 aliphatic carbocycles. The van der Waals surface area contributed by atoms with Crippen LogP contribution in [0.15, 0.2) is 103 Å². The number of hydrogen-bond donors (Lipinski definition) is 3. The van der Waals surface area contributed by atoms with E-state index in [1.54, 1.807) is 60.7 Å². The number of esters is 1. The van der Waals surface area contributed by atoms with Crippen molar-refractivity contribution >= 4 is 34.8 Å². The third-order valence-corrected chi connectivity index (χ3v) is 5.70. The molecule has 0 unspecified atom stereocenters. The van der Waals surface area contributed by atoms with Gasteiger partial charge < -0.3 is 20.7 Å². The maximum atomic E-state index is 13.2. The molecule has 0 aliphatic rings. The van der Waals surface area contributed by atoms with E-state index in [-0.39, 0.29) is 28.9 Å². The van der Waals surface area contributed by atoms with E-state index in [0.717, 1.165) is 5.56 Å². The van der Waals surface area contributed by atoms with E-state index >= 15 is 0 Å². The number of nitrogens with one attached hydrogen (secondary N) is 3. The smallest absolute Gasteiger partial charge is 0.340 e. The molecule has 7 nitrogen and oxygen atoms in total. The van der Waals surface area contributed by atoms with Gasteiger partial charge in [-0.1, -0.05) is 54.6 Å². The van der Waals surface area contributed by atoms with Crippen LogP contribution < -0.4 is 16.0 Å². The van der Waals surface area contributed by atoms with Crippen LogP contribution in [0.3, 0.4) is 0 Å². The third kappa shape index (κ3) is 6.82. The lowest BCUT2D eigenvalue weighted by atomic mass is 10.1. The molecule has 4 rings (SSSR count). The zero-order valence-corrected chi connectivity index (χ0v) is 20.6. The molecule has 8 heteroatoms. The Bertz CT molecular complexity index is 1430. The van der Waals surface area contributed by atoms with Crippen molar-refractivity contribution in [1.29, 1.82) is 0 Å². The first-order valence-electron chi connectivity index (χ1n) is 11.9. The van der Waals surface area contributed by atoms with Crippen LogP contribution in [0.2, 0.25) is 0 Å². The summed E-state index contributed by atoms with van der Waals surface area (Å²) >= 11 is 0. The van der Waals surface area contributed by atoms with Crippen LogP contribution in [0.25, 0.3) is 0 Å². The number of para-hydroxylation sites is 2. The van der Waals surface area contributed by atoms with E-state index in [1.807, 2.05) is 37.3 Å². The Morgan fingerprint density at radius 1 is 0.763 bits per heavy atom. The molecule has 0 aromatic heterocycles. The maximum absolute atomic E-state index is 13.2. The van der Waals surface area contributed by atoms with Gasteiger partial charge >= 0.3 is 5.97 Å². The first-order valence-corrected chi connectivity index (χ1v) is 11.9. The number of rotatable bonds is 9. The zero-order chi connectivity index (χ0) is 26.9. The number of ether oxygens (including phenoxy) is 1. The molecule has 0 fully saturated rings. The molecular formula is C30H26FN3O4. The predicted octanol–water partition coefficient (Wildman–Crippen LogP) is 5.86. The van der Waals surface area contributed by atoms with Crippen molar-refractivity contribution in [3.8, 4) is 0 Å². The molecule has 1 atom stereocenters. The highest BCUT2D eigenvalue weighted by Gasteiger charge is 2.18. The fraction of sp³-hybridized carbons (Fsp3) is 0.100. The van der Waals surface area contributed by atoms with Gasteiger partial charge in [-0.2, -0.15) is 0 Å². The summed E-state index contributed by atoms with van der Waals surface area (Å²) in [7, 11) is 0. The van der Waals surface area contributed by atoms with Crippen molar-refractivity contribution in [3.05, 3.63) is 126 Å². The second-order valence-electron chi connectivity index (χ2n) is 8.45. The number of carbonyl (C=O) groups excluding carboxylic acids is 3. The second-order valence-corrected chi connectivity index (χ2v) is 8.45. The normalized spacial score (nSPS) is 11.2. The molecule has 0 heterocycles. The van der Waals surface area contributed by atoms with Gasteiger partial charge in [0.05, 0.1) is 28.5 Å². The quantitative estimate of drug-likeness (QED) is 0.245. The van der Waals surface area contributed by atoms with Crippen LogP contribution in [0.1, 0.15) is 39.2 Å². The van der Waals surface area contributed by atoms with E-state index in [2.05, 4.69) is 16.0 Å². The van der Waals surface area contributed by atoms with E-state index in [4.69, 9.17) is 4.74 Å². The molecule has 4 aromatic rings. The van der Waals surface area contributed by atoms with E-state index in [1.165, 1.54) is 12.1 Å². The van der Waals surface area contributed by atoms with Gasteiger partial charge in [0.1, 0.15) is 5.82 Å². The lowest BCUT2D eigenvalue weighted by molar-refractivity contribution is -0.119. The van der Waals surface area contributed by atoms with Gasteiger partial charge in [0, 0.05) is 5.69 Å². The van der Waals surface area contributed by atoms with Crippen LogP contribution in [0, 0.1) is 5.82 Å². The van der Waals surface area contributed by atoms with Gasteiger partial charge in [-0.25, -0.2) is 9.18 Å². The minimum absolute atomic E-state index is 0.208. The number of anilines is 3. The van der Waals surface area contributed by atoms with E-state index in [0.29, 0.717) is 17.1 Å². The number of benzene rings is 4. The third-order valence-electron chi connectivity index (χ3n) is 5.70.